The van der Waals surface area contributed by atoms with Crippen molar-refractivity contribution in [1.29, 1.82) is 0 Å². The van der Waals surface area contributed by atoms with E-state index in [0.717, 1.165) is 0 Å². The van der Waals surface area contributed by atoms with Crippen LogP contribution in [0, 0.1) is 0 Å². The second-order valence-corrected chi connectivity index (χ2v) is 9.28. The lowest BCUT2D eigenvalue weighted by Crippen LogP contribution is -2.60. The smallest absolute Gasteiger partial charge is 0.326 e. The minimum absolute atomic E-state index is 0.0852. The van der Waals surface area contributed by atoms with Gasteiger partial charge in [-0.3, -0.25) is 24.0 Å². The zero-order valence-corrected chi connectivity index (χ0v) is 22.5. The topological polar surface area (TPSA) is 295 Å². The first-order valence-corrected chi connectivity index (χ1v) is 12.8. The molecular weight excluding hydrogens is 516 g/mol. The van der Waals surface area contributed by atoms with Gasteiger partial charge in [-0.2, -0.15) is 0 Å². The summed E-state index contributed by atoms with van der Waals surface area (Å²) in [6.07, 6.45) is 0.0660. The minimum Gasteiger partial charge on any atom is -0.480 e. The van der Waals surface area contributed by atoms with Gasteiger partial charge >= 0.3 is 5.97 Å². The molecule has 0 fully saturated rings. The summed E-state index contributed by atoms with van der Waals surface area (Å²) in [4.78, 5) is 74.0. The van der Waals surface area contributed by atoms with Crippen molar-refractivity contribution in [2.75, 3.05) is 13.1 Å². The van der Waals surface area contributed by atoms with E-state index in [1.165, 1.54) is 13.8 Å². The molecule has 224 valence electrons. The second-order valence-electron chi connectivity index (χ2n) is 9.28. The Morgan fingerprint density at radius 3 is 1.59 bits per heavy atom. The highest BCUT2D eigenvalue weighted by atomic mass is 16.4. The Morgan fingerprint density at radius 1 is 0.692 bits per heavy atom. The number of amides is 5. The Hall–Kier alpha value is -3.34. The normalized spacial score (nSPS) is 15.5. The number of nitrogens with one attached hydrogen (secondary N) is 4. The van der Waals surface area contributed by atoms with E-state index >= 15 is 0 Å². The average molecular weight is 561 g/mol. The SMILES string of the molecule is C[C@H](N)C(=O)N[C@H](C(=O)N[C@@H](CC(N)=O)C(=O)N[C@@H](CCCCN)C(=O)N[C@@H](CCCCN)C(=O)O)[C@@H](C)O. The largest absolute Gasteiger partial charge is 0.480 e. The molecule has 0 saturated carbocycles. The van der Waals surface area contributed by atoms with Crippen molar-refractivity contribution in [2.24, 2.45) is 22.9 Å². The predicted octanol–water partition coefficient (Wildman–Crippen LogP) is -4.13. The molecular formula is C23H44N8O8. The molecule has 0 rings (SSSR count). The molecule has 0 aromatic carbocycles. The lowest BCUT2D eigenvalue weighted by molar-refractivity contribution is -0.142. The van der Waals surface area contributed by atoms with Gasteiger partial charge in [-0.15, -0.1) is 0 Å². The number of hydrogen-bond acceptors (Lipinski definition) is 10. The highest BCUT2D eigenvalue weighted by molar-refractivity contribution is 5.97. The van der Waals surface area contributed by atoms with Crippen molar-refractivity contribution >= 4 is 35.5 Å². The van der Waals surface area contributed by atoms with Gasteiger partial charge in [-0.25, -0.2) is 4.79 Å². The third-order valence-corrected chi connectivity index (χ3v) is 5.66. The van der Waals surface area contributed by atoms with E-state index in [1.54, 1.807) is 0 Å². The molecule has 0 aromatic rings. The third-order valence-electron chi connectivity index (χ3n) is 5.66. The lowest BCUT2D eigenvalue weighted by Gasteiger charge is -2.26. The maximum absolute atomic E-state index is 13.1. The van der Waals surface area contributed by atoms with Crippen LogP contribution in [0.1, 0.15) is 58.8 Å². The first-order valence-electron chi connectivity index (χ1n) is 12.8. The molecule has 0 aliphatic heterocycles. The van der Waals surface area contributed by atoms with Crippen LogP contribution in [0.3, 0.4) is 0 Å². The van der Waals surface area contributed by atoms with E-state index < -0.39 is 78.2 Å². The Bertz CT molecular complexity index is 839. The van der Waals surface area contributed by atoms with Crippen molar-refractivity contribution in [3.05, 3.63) is 0 Å². The second kappa shape index (κ2) is 18.8. The van der Waals surface area contributed by atoms with Gasteiger partial charge in [0.1, 0.15) is 24.2 Å². The number of carbonyl (C=O) groups is 6. The van der Waals surface area contributed by atoms with E-state index in [9.17, 15) is 39.0 Å². The molecule has 0 heterocycles. The molecule has 14 N–H and O–H groups in total. The standard InChI is InChI=1S/C23H44N8O8/c1-12(26)19(34)31-18(13(2)32)22(37)30-16(11-17(27)33)21(36)28-14(7-3-5-9-24)20(35)29-15(23(38)39)8-4-6-10-25/h12-16,18,32H,3-11,24-26H2,1-2H3,(H2,27,33)(H,28,36)(H,29,35)(H,30,37)(H,31,34)(H,38,39)/t12-,13+,14-,15-,16-,18-/m0/s1. The van der Waals surface area contributed by atoms with E-state index in [4.69, 9.17) is 22.9 Å². The molecule has 0 unspecified atom stereocenters. The highest BCUT2D eigenvalue weighted by Gasteiger charge is 2.33. The summed E-state index contributed by atoms with van der Waals surface area (Å²) in [6, 6.07) is -6.53. The van der Waals surface area contributed by atoms with Gasteiger partial charge in [0, 0.05) is 0 Å². The van der Waals surface area contributed by atoms with E-state index in [1.807, 2.05) is 0 Å². The van der Waals surface area contributed by atoms with Crippen LogP contribution >= 0.6 is 0 Å². The van der Waals surface area contributed by atoms with Crippen LogP contribution in [0.15, 0.2) is 0 Å². The summed E-state index contributed by atoms with van der Waals surface area (Å²) < 4.78 is 0. The predicted molar refractivity (Wildman–Crippen MR) is 140 cm³/mol. The molecule has 0 saturated heterocycles. The van der Waals surface area contributed by atoms with Crippen LogP contribution in [0.25, 0.3) is 0 Å². The van der Waals surface area contributed by atoms with Gasteiger partial charge in [-0.05, 0) is 65.5 Å². The highest BCUT2D eigenvalue weighted by Crippen LogP contribution is 2.07. The Morgan fingerprint density at radius 2 is 1.15 bits per heavy atom. The maximum atomic E-state index is 13.1. The number of aliphatic carboxylic acids is 1. The fourth-order valence-corrected chi connectivity index (χ4v) is 3.42. The summed E-state index contributed by atoms with van der Waals surface area (Å²) in [6.45, 7) is 3.25. The van der Waals surface area contributed by atoms with Crippen molar-refractivity contribution in [3.63, 3.8) is 0 Å². The molecule has 0 spiro atoms. The fraction of sp³-hybridized carbons (Fsp3) is 0.739. The fourth-order valence-electron chi connectivity index (χ4n) is 3.42. The molecule has 0 aliphatic rings. The monoisotopic (exact) mass is 560 g/mol. The number of rotatable bonds is 20. The molecule has 0 bridgehead atoms. The quantitative estimate of drug-likeness (QED) is 0.0637. The van der Waals surface area contributed by atoms with Crippen molar-refractivity contribution in [1.82, 2.24) is 21.3 Å². The van der Waals surface area contributed by atoms with Crippen molar-refractivity contribution in [2.45, 2.75) is 95.1 Å². The van der Waals surface area contributed by atoms with E-state index in [-0.39, 0.29) is 12.8 Å². The van der Waals surface area contributed by atoms with Gasteiger partial charge in [-0.1, -0.05) is 0 Å². The number of nitrogens with two attached hydrogens (primary N) is 4. The van der Waals surface area contributed by atoms with Crippen LogP contribution in [0.5, 0.6) is 0 Å². The molecule has 5 amide bonds. The van der Waals surface area contributed by atoms with Crippen LogP contribution in [-0.2, 0) is 28.8 Å². The molecule has 6 atom stereocenters. The number of aliphatic hydroxyl groups excluding tert-OH is 1. The maximum Gasteiger partial charge on any atom is 0.326 e. The van der Waals surface area contributed by atoms with Gasteiger partial charge in [0.2, 0.25) is 29.5 Å². The number of carboxylic acids is 1. The Balaban J connectivity index is 5.75. The summed E-state index contributed by atoms with van der Waals surface area (Å²) in [5.74, 6) is -5.72. The molecule has 0 radical (unpaired) electrons. The first-order chi connectivity index (χ1) is 18.2. The number of carboxylic acid groups (broad SMARTS) is 1. The third kappa shape index (κ3) is 14.4. The van der Waals surface area contributed by atoms with E-state index in [0.29, 0.717) is 38.8 Å². The van der Waals surface area contributed by atoms with Crippen molar-refractivity contribution < 1.29 is 39.0 Å². The van der Waals surface area contributed by atoms with Crippen LogP contribution < -0.4 is 44.2 Å². The number of hydrogen-bond donors (Lipinski definition) is 10. The first kappa shape index (κ1) is 35.7. The van der Waals surface area contributed by atoms with Gasteiger partial charge in [0.15, 0.2) is 0 Å². The average Bonchev–Trinajstić information content (AvgIpc) is 2.84. The molecule has 0 aromatic heterocycles. The van der Waals surface area contributed by atoms with Crippen molar-refractivity contribution in [3.8, 4) is 0 Å². The Kier molecular flexibility index (Phi) is 17.2. The molecule has 39 heavy (non-hydrogen) atoms. The Labute approximate surface area is 227 Å². The van der Waals surface area contributed by atoms with Gasteiger partial charge < -0.3 is 54.4 Å². The van der Waals surface area contributed by atoms with Crippen LogP contribution in [0.2, 0.25) is 0 Å². The van der Waals surface area contributed by atoms with Gasteiger partial charge in [0.25, 0.3) is 0 Å². The molecule has 16 heteroatoms. The summed E-state index contributed by atoms with van der Waals surface area (Å²) in [5.41, 5.74) is 21.7. The summed E-state index contributed by atoms with van der Waals surface area (Å²) in [5, 5.41) is 28.8. The summed E-state index contributed by atoms with van der Waals surface area (Å²) in [7, 11) is 0. The number of primary amides is 1. The number of aliphatic hydroxyl groups is 1. The van der Waals surface area contributed by atoms with E-state index in [2.05, 4.69) is 21.3 Å². The van der Waals surface area contributed by atoms with Gasteiger partial charge in [0.05, 0.1) is 18.6 Å². The summed E-state index contributed by atoms with van der Waals surface area (Å²) >= 11 is 0. The van der Waals surface area contributed by atoms with Crippen LogP contribution in [-0.4, -0.2) is 95.1 Å². The minimum atomic E-state index is -1.58. The van der Waals surface area contributed by atoms with Crippen LogP contribution in [0.4, 0.5) is 0 Å². The lowest BCUT2D eigenvalue weighted by atomic mass is 10.0. The molecule has 16 nitrogen and oxygen atoms in total. The molecule has 0 aliphatic carbocycles. The zero-order valence-electron chi connectivity index (χ0n) is 22.5. The number of carbonyl (C=O) groups excluding carboxylic acids is 5. The zero-order chi connectivity index (χ0) is 30.1. The number of unbranched alkanes of at least 4 members (excludes halogenated alkanes) is 2.